The second-order valence-electron chi connectivity index (χ2n) is 2.56. The number of nitrogens with two attached hydrogens (primary N) is 1. The van der Waals surface area contributed by atoms with E-state index in [-0.39, 0.29) is 0 Å². The zero-order chi connectivity index (χ0) is 13.7. The highest BCUT2D eigenvalue weighted by atomic mass is 32.1. The standard InChI is InChI=1S/C11H13NS.2C2H6/c1-3-5-9(6-4-2)10-7-8-11(12)13-10;2*1-2/h3-8H,1,12H2,2H3;2*1-2H3/b6-4-,9-5+;;. The van der Waals surface area contributed by atoms with Crippen LogP contribution in [0.2, 0.25) is 0 Å². The zero-order valence-corrected chi connectivity index (χ0v) is 12.5. The summed E-state index contributed by atoms with van der Waals surface area (Å²) in [6.45, 7) is 13.7. The van der Waals surface area contributed by atoms with E-state index < -0.39 is 0 Å². The largest absolute Gasteiger partial charge is 0.391 e. The molecule has 0 aliphatic rings. The first-order valence-corrected chi connectivity index (χ1v) is 6.90. The molecule has 0 bridgehead atoms. The molecule has 0 radical (unpaired) electrons. The van der Waals surface area contributed by atoms with Gasteiger partial charge >= 0.3 is 0 Å². The summed E-state index contributed by atoms with van der Waals surface area (Å²) in [6, 6.07) is 3.94. The fraction of sp³-hybridized carbons (Fsp3) is 0.333. The van der Waals surface area contributed by atoms with Gasteiger partial charge in [-0.1, -0.05) is 58.6 Å². The Labute approximate surface area is 110 Å². The number of hydrogen-bond donors (Lipinski definition) is 1. The Bertz CT molecular complexity index is 346. The van der Waals surface area contributed by atoms with Crippen molar-refractivity contribution in [1.29, 1.82) is 0 Å². The Morgan fingerprint density at radius 3 is 2.18 bits per heavy atom. The predicted octanol–water partition coefficient (Wildman–Crippen LogP) is 5.53. The molecule has 2 heteroatoms. The Kier molecular flexibility index (Phi) is 13.6. The van der Waals surface area contributed by atoms with Crippen LogP contribution in [0.15, 0.2) is 43.0 Å². The lowest BCUT2D eigenvalue weighted by atomic mass is 10.2. The summed E-state index contributed by atoms with van der Waals surface area (Å²) in [6.07, 6.45) is 7.81. The molecule has 0 saturated heterocycles. The molecule has 0 aliphatic carbocycles. The highest BCUT2D eigenvalue weighted by molar-refractivity contribution is 7.17. The van der Waals surface area contributed by atoms with Gasteiger partial charge in [0.05, 0.1) is 5.00 Å². The smallest absolute Gasteiger partial charge is 0.0862 e. The molecule has 1 aromatic heterocycles. The second kappa shape index (κ2) is 12.8. The van der Waals surface area contributed by atoms with Gasteiger partial charge in [-0.2, -0.15) is 0 Å². The van der Waals surface area contributed by atoms with E-state index in [0.717, 1.165) is 10.6 Å². The summed E-state index contributed by atoms with van der Waals surface area (Å²) < 4.78 is 0. The van der Waals surface area contributed by atoms with Crippen LogP contribution >= 0.6 is 11.3 Å². The number of rotatable bonds is 3. The lowest BCUT2D eigenvalue weighted by molar-refractivity contribution is 1.50. The van der Waals surface area contributed by atoms with Gasteiger partial charge in [0.25, 0.3) is 0 Å². The predicted molar refractivity (Wildman–Crippen MR) is 84.4 cm³/mol. The first-order chi connectivity index (χ1) is 8.27. The molecule has 0 aliphatic heterocycles. The van der Waals surface area contributed by atoms with E-state index in [1.54, 1.807) is 17.4 Å². The van der Waals surface area contributed by atoms with Crippen LogP contribution in [0.1, 0.15) is 39.5 Å². The maximum absolute atomic E-state index is 5.65. The van der Waals surface area contributed by atoms with E-state index in [9.17, 15) is 0 Å². The minimum Gasteiger partial charge on any atom is -0.391 e. The highest BCUT2D eigenvalue weighted by Crippen LogP contribution is 2.26. The monoisotopic (exact) mass is 251 g/mol. The van der Waals surface area contributed by atoms with E-state index in [1.165, 1.54) is 4.88 Å². The van der Waals surface area contributed by atoms with Crippen LogP contribution in [0.4, 0.5) is 5.00 Å². The maximum Gasteiger partial charge on any atom is 0.0862 e. The van der Waals surface area contributed by atoms with Crippen molar-refractivity contribution in [1.82, 2.24) is 0 Å². The molecule has 17 heavy (non-hydrogen) atoms. The average molecular weight is 251 g/mol. The van der Waals surface area contributed by atoms with Crippen LogP contribution in [-0.2, 0) is 0 Å². The van der Waals surface area contributed by atoms with Gasteiger partial charge in [0.2, 0.25) is 0 Å². The molecule has 1 aromatic rings. The molecule has 0 saturated carbocycles. The summed E-state index contributed by atoms with van der Waals surface area (Å²) in [5.74, 6) is 0. The van der Waals surface area contributed by atoms with E-state index in [1.807, 2.05) is 65.0 Å². The van der Waals surface area contributed by atoms with E-state index in [2.05, 4.69) is 6.58 Å². The van der Waals surface area contributed by atoms with Gasteiger partial charge in [-0.15, -0.1) is 11.3 Å². The van der Waals surface area contributed by atoms with Crippen LogP contribution in [0.5, 0.6) is 0 Å². The topological polar surface area (TPSA) is 26.0 Å². The number of hydrogen-bond acceptors (Lipinski definition) is 2. The fourth-order valence-corrected chi connectivity index (χ4v) is 1.81. The summed E-state index contributed by atoms with van der Waals surface area (Å²) in [4.78, 5) is 1.18. The van der Waals surface area contributed by atoms with Gasteiger partial charge in [-0.05, 0) is 24.6 Å². The molecule has 1 heterocycles. The van der Waals surface area contributed by atoms with Crippen molar-refractivity contribution in [2.75, 3.05) is 5.73 Å². The lowest BCUT2D eigenvalue weighted by Gasteiger charge is -1.94. The van der Waals surface area contributed by atoms with Gasteiger partial charge < -0.3 is 5.73 Å². The first-order valence-electron chi connectivity index (χ1n) is 6.09. The van der Waals surface area contributed by atoms with Crippen LogP contribution in [0.3, 0.4) is 0 Å². The molecule has 0 fully saturated rings. The van der Waals surface area contributed by atoms with E-state index >= 15 is 0 Å². The van der Waals surface area contributed by atoms with Crippen LogP contribution in [-0.4, -0.2) is 0 Å². The minimum atomic E-state index is 0.842. The quantitative estimate of drug-likeness (QED) is 0.702. The minimum absolute atomic E-state index is 0.842. The van der Waals surface area contributed by atoms with Gasteiger partial charge in [0.15, 0.2) is 0 Å². The second-order valence-corrected chi connectivity index (χ2v) is 3.68. The first kappa shape index (κ1) is 18.1. The van der Waals surface area contributed by atoms with E-state index in [4.69, 9.17) is 5.73 Å². The molecule has 0 spiro atoms. The third-order valence-corrected chi connectivity index (χ3v) is 2.52. The van der Waals surface area contributed by atoms with Gasteiger partial charge in [-0.3, -0.25) is 0 Å². The molecular weight excluding hydrogens is 226 g/mol. The number of anilines is 1. The fourth-order valence-electron chi connectivity index (χ4n) is 1.03. The molecular formula is C15H25NS. The number of allylic oxidation sites excluding steroid dienone is 5. The van der Waals surface area contributed by atoms with Gasteiger partial charge in [0, 0.05) is 4.88 Å². The molecule has 0 amide bonds. The van der Waals surface area contributed by atoms with Crippen molar-refractivity contribution < 1.29 is 0 Å². The van der Waals surface area contributed by atoms with E-state index in [0.29, 0.717) is 0 Å². The van der Waals surface area contributed by atoms with Crippen LogP contribution in [0.25, 0.3) is 5.57 Å². The van der Waals surface area contributed by atoms with Crippen LogP contribution in [0, 0.1) is 0 Å². The van der Waals surface area contributed by atoms with Crippen molar-refractivity contribution in [2.24, 2.45) is 0 Å². The summed E-state index contributed by atoms with van der Waals surface area (Å²) in [7, 11) is 0. The summed E-state index contributed by atoms with van der Waals surface area (Å²) >= 11 is 1.59. The van der Waals surface area contributed by atoms with Crippen molar-refractivity contribution >= 4 is 21.9 Å². The molecule has 1 rings (SSSR count). The maximum atomic E-state index is 5.65. The lowest BCUT2D eigenvalue weighted by Crippen LogP contribution is -1.74. The molecule has 0 atom stereocenters. The Balaban J connectivity index is 0. The van der Waals surface area contributed by atoms with Crippen molar-refractivity contribution in [3.05, 3.63) is 47.9 Å². The average Bonchev–Trinajstić information content (AvgIpc) is 2.81. The third kappa shape index (κ3) is 7.58. The van der Waals surface area contributed by atoms with Crippen molar-refractivity contribution in [3.8, 4) is 0 Å². The van der Waals surface area contributed by atoms with Crippen LogP contribution < -0.4 is 5.73 Å². The molecule has 96 valence electrons. The summed E-state index contributed by atoms with van der Waals surface area (Å²) in [5.41, 5.74) is 6.80. The SMILES string of the molecule is C=C/C=C(\C=C/C)c1ccc(N)s1.CC.CC. The number of thiophene rings is 1. The normalized spacial score (nSPS) is 10.1. The van der Waals surface area contributed by atoms with Crippen molar-refractivity contribution in [3.63, 3.8) is 0 Å². The third-order valence-electron chi connectivity index (χ3n) is 1.55. The molecule has 2 N–H and O–H groups in total. The summed E-state index contributed by atoms with van der Waals surface area (Å²) in [5, 5.41) is 0.842. The number of nitrogen functional groups attached to an aromatic ring is 1. The molecule has 1 nitrogen and oxygen atoms in total. The molecule has 0 aromatic carbocycles. The Morgan fingerprint density at radius 1 is 1.24 bits per heavy atom. The van der Waals surface area contributed by atoms with Crippen molar-refractivity contribution in [2.45, 2.75) is 34.6 Å². The zero-order valence-electron chi connectivity index (χ0n) is 11.7. The van der Waals surface area contributed by atoms with Gasteiger partial charge in [-0.25, -0.2) is 0 Å². The Hall–Kier alpha value is -1.28. The van der Waals surface area contributed by atoms with Gasteiger partial charge in [0.1, 0.15) is 0 Å². The molecule has 0 unspecified atom stereocenters. The highest BCUT2D eigenvalue weighted by Gasteiger charge is 1.99. The Morgan fingerprint density at radius 2 is 1.82 bits per heavy atom.